The molecule has 2 N–H and O–H groups in total. The van der Waals surface area contributed by atoms with Crippen LogP contribution in [-0.4, -0.2) is 32.1 Å². The SMILES string of the molecule is CCSCC(C)n1c(=O)[nH]c2cc(C(=O)O)ccc21. The minimum absolute atomic E-state index is 0.0712. The third-order valence-electron chi connectivity index (χ3n) is 2.97. The number of carboxylic acid groups (broad SMARTS) is 1. The number of carbonyl (C=O) groups is 1. The van der Waals surface area contributed by atoms with E-state index in [1.807, 2.05) is 6.92 Å². The molecule has 1 unspecified atom stereocenters. The Hall–Kier alpha value is -1.69. The van der Waals surface area contributed by atoms with Crippen LogP contribution in [0.1, 0.15) is 30.2 Å². The second-order valence-electron chi connectivity index (χ2n) is 4.35. The lowest BCUT2D eigenvalue weighted by atomic mass is 10.2. The van der Waals surface area contributed by atoms with Gasteiger partial charge in [0, 0.05) is 11.8 Å². The van der Waals surface area contributed by atoms with Gasteiger partial charge in [0.25, 0.3) is 0 Å². The van der Waals surface area contributed by atoms with E-state index in [0.717, 1.165) is 17.0 Å². The van der Waals surface area contributed by atoms with Crippen molar-refractivity contribution >= 4 is 28.8 Å². The first-order chi connectivity index (χ1) is 9.04. The predicted octanol–water partition coefficient (Wildman–Crippen LogP) is 2.34. The number of nitrogens with zero attached hydrogens (tertiary/aromatic N) is 1. The molecule has 0 saturated carbocycles. The topological polar surface area (TPSA) is 75.1 Å². The summed E-state index contributed by atoms with van der Waals surface area (Å²) in [5.41, 5.74) is 1.30. The molecule has 2 rings (SSSR count). The Morgan fingerprint density at radius 1 is 1.53 bits per heavy atom. The lowest BCUT2D eigenvalue weighted by Gasteiger charge is -2.12. The zero-order valence-corrected chi connectivity index (χ0v) is 11.7. The van der Waals surface area contributed by atoms with E-state index in [9.17, 15) is 9.59 Å². The van der Waals surface area contributed by atoms with Gasteiger partial charge in [-0.1, -0.05) is 6.92 Å². The van der Waals surface area contributed by atoms with E-state index in [1.165, 1.54) is 12.1 Å². The molecule has 0 saturated heterocycles. The zero-order chi connectivity index (χ0) is 14.0. The van der Waals surface area contributed by atoms with Gasteiger partial charge in [-0.3, -0.25) is 4.57 Å². The fraction of sp³-hybridized carbons (Fsp3) is 0.385. The highest BCUT2D eigenvalue weighted by molar-refractivity contribution is 7.99. The third-order valence-corrected chi connectivity index (χ3v) is 4.09. The number of aromatic nitrogens is 2. The van der Waals surface area contributed by atoms with E-state index in [0.29, 0.717) is 5.52 Å². The van der Waals surface area contributed by atoms with Crippen molar-refractivity contribution in [2.24, 2.45) is 0 Å². The fourth-order valence-corrected chi connectivity index (χ4v) is 2.79. The van der Waals surface area contributed by atoms with Gasteiger partial charge in [0.1, 0.15) is 0 Å². The molecule has 0 aliphatic heterocycles. The molecule has 0 aliphatic rings. The predicted molar refractivity (Wildman–Crippen MR) is 77.2 cm³/mol. The molecule has 1 aromatic carbocycles. The number of carboxylic acids is 1. The summed E-state index contributed by atoms with van der Waals surface area (Å²) in [6, 6.07) is 4.77. The second-order valence-corrected chi connectivity index (χ2v) is 5.66. The monoisotopic (exact) mass is 280 g/mol. The Bertz CT molecular complexity index is 659. The number of hydrogen-bond donors (Lipinski definition) is 2. The number of benzene rings is 1. The first-order valence-corrected chi connectivity index (χ1v) is 7.25. The second kappa shape index (κ2) is 5.52. The molecule has 0 fully saturated rings. The molecule has 1 aromatic heterocycles. The molecule has 0 bridgehead atoms. The molecule has 2 aromatic rings. The van der Waals surface area contributed by atoms with Crippen molar-refractivity contribution in [1.82, 2.24) is 9.55 Å². The van der Waals surface area contributed by atoms with Crippen LogP contribution in [0.3, 0.4) is 0 Å². The van der Waals surface area contributed by atoms with Crippen molar-refractivity contribution in [3.63, 3.8) is 0 Å². The number of nitrogens with one attached hydrogen (secondary N) is 1. The van der Waals surface area contributed by atoms with Gasteiger partial charge in [-0.2, -0.15) is 11.8 Å². The molecule has 6 heteroatoms. The van der Waals surface area contributed by atoms with Gasteiger partial charge >= 0.3 is 11.7 Å². The quantitative estimate of drug-likeness (QED) is 0.881. The number of aromatic carboxylic acids is 1. The number of imidazole rings is 1. The maximum atomic E-state index is 12.0. The van der Waals surface area contributed by atoms with Crippen molar-refractivity contribution in [3.8, 4) is 0 Å². The van der Waals surface area contributed by atoms with Gasteiger partial charge in [0.15, 0.2) is 0 Å². The minimum atomic E-state index is -0.995. The van der Waals surface area contributed by atoms with E-state index in [2.05, 4.69) is 11.9 Å². The van der Waals surface area contributed by atoms with E-state index >= 15 is 0 Å². The summed E-state index contributed by atoms with van der Waals surface area (Å²) in [6.45, 7) is 4.07. The summed E-state index contributed by atoms with van der Waals surface area (Å²) in [4.78, 5) is 25.6. The van der Waals surface area contributed by atoms with Crippen molar-refractivity contribution in [3.05, 3.63) is 34.2 Å². The lowest BCUT2D eigenvalue weighted by molar-refractivity contribution is 0.0697. The fourth-order valence-electron chi connectivity index (χ4n) is 2.06. The number of rotatable bonds is 5. The zero-order valence-electron chi connectivity index (χ0n) is 10.8. The summed E-state index contributed by atoms with van der Waals surface area (Å²) in [7, 11) is 0. The summed E-state index contributed by atoms with van der Waals surface area (Å²) in [6.07, 6.45) is 0. The molecule has 5 nitrogen and oxygen atoms in total. The number of H-pyrrole nitrogens is 1. The average Bonchev–Trinajstić information content (AvgIpc) is 2.70. The van der Waals surface area contributed by atoms with E-state index in [4.69, 9.17) is 5.11 Å². The Morgan fingerprint density at radius 3 is 2.89 bits per heavy atom. The normalized spacial score (nSPS) is 12.7. The maximum Gasteiger partial charge on any atom is 0.335 e. The maximum absolute atomic E-state index is 12.0. The average molecular weight is 280 g/mol. The van der Waals surface area contributed by atoms with Gasteiger partial charge in [-0.15, -0.1) is 0 Å². The number of aromatic amines is 1. The first kappa shape index (κ1) is 13.7. The molecule has 19 heavy (non-hydrogen) atoms. The first-order valence-electron chi connectivity index (χ1n) is 6.10. The molecule has 0 spiro atoms. The summed E-state index contributed by atoms with van der Waals surface area (Å²) < 4.78 is 1.68. The standard InChI is InChI=1S/C13H16N2O3S/c1-3-19-7-8(2)15-11-5-4-9(12(16)17)6-10(11)14-13(15)18/h4-6,8H,3,7H2,1-2H3,(H,14,18)(H,16,17). The summed E-state index contributed by atoms with van der Waals surface area (Å²) in [5.74, 6) is 0.861. The van der Waals surface area contributed by atoms with Gasteiger partial charge in [-0.05, 0) is 30.9 Å². The highest BCUT2D eigenvalue weighted by atomic mass is 32.2. The van der Waals surface area contributed by atoms with Crippen LogP contribution >= 0.6 is 11.8 Å². The largest absolute Gasteiger partial charge is 0.478 e. The Kier molecular flexibility index (Phi) is 3.99. The summed E-state index contributed by atoms with van der Waals surface area (Å²) in [5, 5.41) is 8.94. The van der Waals surface area contributed by atoms with Gasteiger partial charge < -0.3 is 10.1 Å². The van der Waals surface area contributed by atoms with Crippen LogP contribution in [0.5, 0.6) is 0 Å². The highest BCUT2D eigenvalue weighted by Crippen LogP contribution is 2.19. The van der Waals surface area contributed by atoms with Crippen LogP contribution in [0, 0.1) is 0 Å². The van der Waals surface area contributed by atoms with E-state index in [-0.39, 0.29) is 17.3 Å². The van der Waals surface area contributed by atoms with Crippen molar-refractivity contribution in [2.45, 2.75) is 19.9 Å². The minimum Gasteiger partial charge on any atom is -0.478 e. The van der Waals surface area contributed by atoms with Gasteiger partial charge in [0.2, 0.25) is 0 Å². The van der Waals surface area contributed by atoms with E-state index in [1.54, 1.807) is 22.4 Å². The van der Waals surface area contributed by atoms with Crippen LogP contribution in [0.15, 0.2) is 23.0 Å². The van der Waals surface area contributed by atoms with Gasteiger partial charge in [0.05, 0.1) is 16.6 Å². The Labute approximate surface area is 114 Å². The van der Waals surface area contributed by atoms with Crippen molar-refractivity contribution in [1.29, 1.82) is 0 Å². The van der Waals surface area contributed by atoms with E-state index < -0.39 is 5.97 Å². The van der Waals surface area contributed by atoms with Gasteiger partial charge in [-0.25, -0.2) is 9.59 Å². The molecule has 1 heterocycles. The number of fused-ring (bicyclic) bond motifs is 1. The molecule has 0 aliphatic carbocycles. The molecule has 0 radical (unpaired) electrons. The molecular weight excluding hydrogens is 264 g/mol. The summed E-state index contributed by atoms with van der Waals surface area (Å²) >= 11 is 1.77. The number of thioether (sulfide) groups is 1. The Morgan fingerprint density at radius 2 is 2.26 bits per heavy atom. The molecular formula is C13H16N2O3S. The molecule has 1 atom stereocenters. The molecule has 102 valence electrons. The van der Waals surface area contributed by atoms with Crippen LogP contribution < -0.4 is 5.69 Å². The van der Waals surface area contributed by atoms with Crippen molar-refractivity contribution in [2.75, 3.05) is 11.5 Å². The van der Waals surface area contributed by atoms with Crippen LogP contribution in [0.4, 0.5) is 0 Å². The lowest BCUT2D eigenvalue weighted by Crippen LogP contribution is -2.21. The van der Waals surface area contributed by atoms with Crippen LogP contribution in [-0.2, 0) is 0 Å². The smallest absolute Gasteiger partial charge is 0.335 e. The Balaban J connectivity index is 2.48. The number of hydrogen-bond acceptors (Lipinski definition) is 3. The van der Waals surface area contributed by atoms with Crippen molar-refractivity contribution < 1.29 is 9.90 Å². The van der Waals surface area contributed by atoms with Crippen LogP contribution in [0.2, 0.25) is 0 Å². The molecule has 0 amide bonds. The third kappa shape index (κ3) is 2.68. The van der Waals surface area contributed by atoms with Crippen LogP contribution in [0.25, 0.3) is 11.0 Å². The highest BCUT2D eigenvalue weighted by Gasteiger charge is 2.14.